The number of aromatic nitrogens is 2. The van der Waals surface area contributed by atoms with Crippen LogP contribution in [0.1, 0.15) is 12.5 Å². The first-order chi connectivity index (χ1) is 7.66. The van der Waals surface area contributed by atoms with Gasteiger partial charge in [0.25, 0.3) is 0 Å². The summed E-state index contributed by atoms with van der Waals surface area (Å²) >= 11 is 5.89. The third kappa shape index (κ3) is 2.31. The van der Waals surface area contributed by atoms with Crippen LogP contribution in [0.4, 0.5) is 5.69 Å². The number of aryl methyl sites for hydroxylation is 1. The van der Waals surface area contributed by atoms with E-state index in [0.717, 1.165) is 22.1 Å². The van der Waals surface area contributed by atoms with Crippen LogP contribution in [0, 0.1) is 6.92 Å². The molecule has 0 radical (unpaired) electrons. The number of rotatable bonds is 1. The average molecular weight is 234 g/mol. The van der Waals surface area contributed by atoms with Crippen LogP contribution >= 0.6 is 11.6 Å². The zero-order chi connectivity index (χ0) is 11.5. The number of halogens is 1. The van der Waals surface area contributed by atoms with Crippen LogP contribution in [-0.2, 0) is 0 Å². The molecule has 0 atom stereocenters. The van der Waals surface area contributed by atoms with Crippen molar-refractivity contribution in [3.8, 4) is 0 Å². The molecule has 0 saturated heterocycles. The lowest BCUT2D eigenvalue weighted by Crippen LogP contribution is -2.03. The number of hydrogen-bond donors (Lipinski definition) is 0. The first-order valence-corrected chi connectivity index (χ1v) is 5.34. The lowest BCUT2D eigenvalue weighted by molar-refractivity contribution is 1.11. The van der Waals surface area contributed by atoms with Gasteiger partial charge in [0.2, 0.25) is 0 Å². The van der Waals surface area contributed by atoms with Gasteiger partial charge in [-0.15, -0.1) is 0 Å². The molecule has 0 aliphatic heterocycles. The maximum atomic E-state index is 5.89. The Morgan fingerprint density at radius 3 is 2.88 bits per heavy atom. The first-order valence-electron chi connectivity index (χ1n) is 4.96. The van der Waals surface area contributed by atoms with Crippen molar-refractivity contribution in [1.82, 2.24) is 9.55 Å². The average Bonchev–Trinajstić information content (AvgIpc) is 2.75. The van der Waals surface area contributed by atoms with Gasteiger partial charge in [0, 0.05) is 17.4 Å². The van der Waals surface area contributed by atoms with Gasteiger partial charge in [0.05, 0.1) is 5.69 Å². The Hall–Kier alpha value is -1.61. The van der Waals surface area contributed by atoms with Crippen LogP contribution in [0.3, 0.4) is 0 Å². The standard InChI is InChI=1S/C12H12ClN3/c1-9-7-11(13)3-4-12(9)15-10(2)16-6-5-14-8-16/h3-8H,1-2H3. The van der Waals surface area contributed by atoms with Gasteiger partial charge >= 0.3 is 0 Å². The molecular formula is C12H12ClN3. The summed E-state index contributed by atoms with van der Waals surface area (Å²) in [5, 5.41) is 0.733. The number of nitrogens with zero attached hydrogens (tertiary/aromatic N) is 3. The second kappa shape index (κ2) is 4.49. The Labute approximate surface area is 99.4 Å². The largest absolute Gasteiger partial charge is 0.294 e. The number of benzene rings is 1. The van der Waals surface area contributed by atoms with Crippen LogP contribution in [0.25, 0.3) is 0 Å². The Morgan fingerprint density at radius 1 is 1.44 bits per heavy atom. The third-order valence-corrected chi connectivity index (χ3v) is 2.55. The zero-order valence-electron chi connectivity index (χ0n) is 9.18. The number of aliphatic imine (C=N–C) groups is 1. The van der Waals surface area contributed by atoms with Crippen LogP contribution in [0.15, 0.2) is 41.9 Å². The quantitative estimate of drug-likeness (QED) is 0.548. The molecule has 0 saturated carbocycles. The summed E-state index contributed by atoms with van der Waals surface area (Å²) in [5.74, 6) is 0.878. The van der Waals surface area contributed by atoms with E-state index in [0.29, 0.717) is 0 Å². The minimum Gasteiger partial charge on any atom is -0.294 e. The predicted octanol–water partition coefficient (Wildman–Crippen LogP) is 3.44. The van der Waals surface area contributed by atoms with Gasteiger partial charge in [-0.05, 0) is 37.6 Å². The monoisotopic (exact) mass is 233 g/mol. The van der Waals surface area contributed by atoms with Crippen molar-refractivity contribution in [2.45, 2.75) is 13.8 Å². The molecule has 0 fully saturated rings. The highest BCUT2D eigenvalue weighted by Gasteiger charge is 1.99. The first kappa shape index (κ1) is 10.9. The molecular weight excluding hydrogens is 222 g/mol. The van der Waals surface area contributed by atoms with E-state index < -0.39 is 0 Å². The number of imidazole rings is 1. The minimum absolute atomic E-state index is 0.733. The van der Waals surface area contributed by atoms with Crippen molar-refractivity contribution in [2.75, 3.05) is 0 Å². The second-order valence-corrected chi connectivity index (χ2v) is 4.00. The molecule has 82 valence electrons. The number of hydrogen-bond acceptors (Lipinski definition) is 2. The van der Waals surface area contributed by atoms with Gasteiger partial charge < -0.3 is 0 Å². The lowest BCUT2D eigenvalue weighted by Gasteiger charge is -2.04. The molecule has 4 heteroatoms. The Morgan fingerprint density at radius 2 is 2.25 bits per heavy atom. The molecule has 0 N–H and O–H groups in total. The molecule has 0 bridgehead atoms. The lowest BCUT2D eigenvalue weighted by atomic mass is 10.2. The third-order valence-electron chi connectivity index (χ3n) is 2.32. The molecule has 3 nitrogen and oxygen atoms in total. The molecule has 0 amide bonds. The Bertz CT molecular complexity index is 515. The van der Waals surface area contributed by atoms with Crippen LogP contribution in [-0.4, -0.2) is 15.4 Å². The molecule has 0 unspecified atom stereocenters. The van der Waals surface area contributed by atoms with E-state index in [9.17, 15) is 0 Å². The molecule has 0 spiro atoms. The van der Waals surface area contributed by atoms with E-state index in [2.05, 4.69) is 9.98 Å². The fourth-order valence-corrected chi connectivity index (χ4v) is 1.65. The van der Waals surface area contributed by atoms with Crippen molar-refractivity contribution in [2.24, 2.45) is 4.99 Å². The molecule has 2 aromatic rings. The summed E-state index contributed by atoms with van der Waals surface area (Å²) in [5.41, 5.74) is 1.99. The summed E-state index contributed by atoms with van der Waals surface area (Å²) in [7, 11) is 0. The van der Waals surface area contributed by atoms with E-state index in [-0.39, 0.29) is 0 Å². The SMILES string of the molecule is CC(=Nc1ccc(Cl)cc1C)n1ccnc1. The van der Waals surface area contributed by atoms with Gasteiger partial charge in [0.1, 0.15) is 12.2 Å². The highest BCUT2D eigenvalue weighted by Crippen LogP contribution is 2.22. The maximum absolute atomic E-state index is 5.89. The smallest absolute Gasteiger partial charge is 0.111 e. The summed E-state index contributed by atoms with van der Waals surface area (Å²) < 4.78 is 1.87. The summed E-state index contributed by atoms with van der Waals surface area (Å²) in [4.78, 5) is 8.51. The van der Waals surface area contributed by atoms with Crippen molar-refractivity contribution < 1.29 is 0 Å². The van der Waals surface area contributed by atoms with E-state index >= 15 is 0 Å². The van der Waals surface area contributed by atoms with Gasteiger partial charge in [-0.2, -0.15) is 0 Å². The second-order valence-electron chi connectivity index (χ2n) is 3.56. The highest BCUT2D eigenvalue weighted by molar-refractivity contribution is 6.30. The van der Waals surface area contributed by atoms with E-state index in [1.807, 2.05) is 42.8 Å². The summed E-state index contributed by atoms with van der Waals surface area (Å²) in [6, 6.07) is 5.66. The van der Waals surface area contributed by atoms with Crippen molar-refractivity contribution in [1.29, 1.82) is 0 Å². The topological polar surface area (TPSA) is 30.2 Å². The molecule has 16 heavy (non-hydrogen) atoms. The van der Waals surface area contributed by atoms with Gasteiger partial charge in [0.15, 0.2) is 0 Å². The summed E-state index contributed by atoms with van der Waals surface area (Å²) in [6.45, 7) is 3.93. The molecule has 0 aliphatic rings. The molecule has 1 aromatic heterocycles. The molecule has 1 aromatic carbocycles. The Balaban J connectivity index is 2.36. The fraction of sp³-hybridized carbons (Fsp3) is 0.167. The molecule has 2 rings (SSSR count). The molecule has 1 heterocycles. The van der Waals surface area contributed by atoms with Crippen molar-refractivity contribution in [3.63, 3.8) is 0 Å². The van der Waals surface area contributed by atoms with E-state index in [4.69, 9.17) is 11.6 Å². The van der Waals surface area contributed by atoms with Crippen LogP contribution < -0.4 is 0 Å². The minimum atomic E-state index is 0.733. The van der Waals surface area contributed by atoms with Crippen molar-refractivity contribution >= 4 is 23.1 Å². The molecule has 0 aliphatic carbocycles. The van der Waals surface area contributed by atoms with E-state index in [1.165, 1.54) is 0 Å². The fourth-order valence-electron chi connectivity index (χ4n) is 1.43. The zero-order valence-corrected chi connectivity index (χ0v) is 9.94. The summed E-state index contributed by atoms with van der Waals surface area (Å²) in [6.07, 6.45) is 5.32. The van der Waals surface area contributed by atoms with Gasteiger partial charge in [-0.1, -0.05) is 11.6 Å². The van der Waals surface area contributed by atoms with Crippen molar-refractivity contribution in [3.05, 3.63) is 47.5 Å². The van der Waals surface area contributed by atoms with E-state index in [1.54, 1.807) is 12.5 Å². The predicted molar refractivity (Wildman–Crippen MR) is 66.6 cm³/mol. The maximum Gasteiger partial charge on any atom is 0.111 e. The van der Waals surface area contributed by atoms with Crippen LogP contribution in [0.2, 0.25) is 5.02 Å². The van der Waals surface area contributed by atoms with Gasteiger partial charge in [-0.25, -0.2) is 9.98 Å². The normalized spacial score (nSPS) is 11.8. The highest BCUT2D eigenvalue weighted by atomic mass is 35.5. The van der Waals surface area contributed by atoms with Crippen LogP contribution in [0.5, 0.6) is 0 Å². The Kier molecular flexibility index (Phi) is 3.06. The van der Waals surface area contributed by atoms with Gasteiger partial charge in [-0.3, -0.25) is 4.57 Å².